The van der Waals surface area contributed by atoms with E-state index >= 15 is 0 Å². The normalized spacial score (nSPS) is 15.2. The summed E-state index contributed by atoms with van der Waals surface area (Å²) in [6, 6.07) is 9.55. The van der Waals surface area contributed by atoms with E-state index in [-0.39, 0.29) is 17.0 Å². The molecule has 138 valence electrons. The fourth-order valence-corrected chi connectivity index (χ4v) is 4.24. The van der Waals surface area contributed by atoms with Crippen LogP contribution < -0.4 is 15.5 Å². The quantitative estimate of drug-likeness (QED) is 0.672. The molecule has 1 atom stereocenters. The van der Waals surface area contributed by atoms with E-state index in [1.807, 2.05) is 29.7 Å². The Balaban J connectivity index is 1.84. The van der Waals surface area contributed by atoms with Crippen LogP contribution >= 0.6 is 15.9 Å². The summed E-state index contributed by atoms with van der Waals surface area (Å²) in [6.45, 7) is 4.02. The molecule has 2 heterocycles. The Morgan fingerprint density at radius 2 is 2.07 bits per heavy atom. The lowest BCUT2D eigenvalue weighted by Gasteiger charge is -2.14. The summed E-state index contributed by atoms with van der Waals surface area (Å²) < 4.78 is 8.20. The first-order valence-electron chi connectivity index (χ1n) is 8.72. The van der Waals surface area contributed by atoms with Crippen molar-refractivity contribution in [3.8, 4) is 5.75 Å². The number of pyridine rings is 1. The highest BCUT2D eigenvalue weighted by molar-refractivity contribution is 9.10. The van der Waals surface area contributed by atoms with Gasteiger partial charge in [-0.2, -0.15) is 0 Å². The minimum atomic E-state index is -0.435. The topological polar surface area (TPSA) is 60.3 Å². The van der Waals surface area contributed by atoms with Crippen LogP contribution in [0.1, 0.15) is 34.5 Å². The summed E-state index contributed by atoms with van der Waals surface area (Å²) in [5, 5.41) is 3.40. The molecule has 1 aromatic heterocycles. The van der Waals surface area contributed by atoms with Crippen molar-refractivity contribution in [3.05, 3.63) is 67.9 Å². The molecule has 0 unspecified atom stereocenters. The van der Waals surface area contributed by atoms with Gasteiger partial charge >= 0.3 is 0 Å². The molecule has 0 saturated carbocycles. The third kappa shape index (κ3) is 2.94. The Kier molecular flexibility index (Phi) is 4.30. The zero-order chi connectivity index (χ0) is 19.3. The van der Waals surface area contributed by atoms with Gasteiger partial charge in [0.25, 0.3) is 5.91 Å². The fraction of sp³-hybridized carbons (Fsp3) is 0.238. The van der Waals surface area contributed by atoms with Crippen LogP contribution in [0.25, 0.3) is 10.9 Å². The Morgan fingerprint density at radius 1 is 1.30 bits per heavy atom. The first-order valence-corrected chi connectivity index (χ1v) is 9.51. The lowest BCUT2D eigenvalue weighted by molar-refractivity contribution is 0.102. The number of carbonyl (C=O) groups is 1. The number of halogens is 1. The van der Waals surface area contributed by atoms with Crippen LogP contribution in [0.15, 0.2) is 45.8 Å². The Labute approximate surface area is 165 Å². The number of hydrogen-bond donors (Lipinski definition) is 1. The summed E-state index contributed by atoms with van der Waals surface area (Å²) in [5.41, 5.74) is 3.44. The lowest BCUT2D eigenvalue weighted by atomic mass is 10.1. The van der Waals surface area contributed by atoms with Crippen LogP contribution in [0.4, 0.5) is 5.69 Å². The van der Waals surface area contributed by atoms with Gasteiger partial charge < -0.3 is 14.6 Å². The SMILES string of the molecule is COc1ccc(C)cc1NC(=O)c1cn2c3c(cc(Br)cc3c1=O)C[C@H]2C. The van der Waals surface area contributed by atoms with E-state index < -0.39 is 5.91 Å². The second-order valence-electron chi connectivity index (χ2n) is 6.95. The van der Waals surface area contributed by atoms with Crippen molar-refractivity contribution < 1.29 is 9.53 Å². The maximum atomic E-state index is 13.0. The maximum absolute atomic E-state index is 13.0. The summed E-state index contributed by atoms with van der Waals surface area (Å²) in [7, 11) is 1.55. The van der Waals surface area contributed by atoms with Crippen molar-refractivity contribution in [2.75, 3.05) is 12.4 Å². The standard InChI is InChI=1S/C21H19BrN2O3/c1-11-4-5-18(27-3)17(6-11)23-21(26)16-10-24-12(2)7-13-8-14(22)9-15(19(13)24)20(16)25/h4-6,8-10,12H,7H2,1-3H3,(H,23,26)/t12-/m1/s1. The molecular formula is C21H19BrN2O3. The van der Waals surface area contributed by atoms with Crippen molar-refractivity contribution in [2.45, 2.75) is 26.3 Å². The molecule has 0 bridgehead atoms. The zero-order valence-corrected chi connectivity index (χ0v) is 16.9. The molecule has 1 aliphatic rings. The van der Waals surface area contributed by atoms with Gasteiger partial charge in [0.1, 0.15) is 11.3 Å². The number of benzene rings is 2. The molecule has 0 spiro atoms. The van der Waals surface area contributed by atoms with E-state index in [1.165, 1.54) is 0 Å². The highest BCUT2D eigenvalue weighted by atomic mass is 79.9. The van der Waals surface area contributed by atoms with Crippen LogP contribution in [0.5, 0.6) is 5.75 Å². The van der Waals surface area contributed by atoms with E-state index in [0.29, 0.717) is 16.8 Å². The van der Waals surface area contributed by atoms with Gasteiger partial charge in [0.05, 0.1) is 18.3 Å². The highest BCUT2D eigenvalue weighted by Gasteiger charge is 2.25. The molecule has 3 aromatic rings. The second kappa shape index (κ2) is 6.53. The van der Waals surface area contributed by atoms with Crippen LogP contribution in [-0.2, 0) is 6.42 Å². The van der Waals surface area contributed by atoms with E-state index in [0.717, 1.165) is 27.5 Å². The van der Waals surface area contributed by atoms with Crippen LogP contribution in [0.2, 0.25) is 0 Å². The molecule has 0 fully saturated rings. The van der Waals surface area contributed by atoms with Crippen molar-refractivity contribution in [1.29, 1.82) is 0 Å². The monoisotopic (exact) mass is 426 g/mol. The van der Waals surface area contributed by atoms with Gasteiger partial charge in [-0.25, -0.2) is 0 Å². The average molecular weight is 427 g/mol. The number of rotatable bonds is 3. The molecule has 0 saturated heterocycles. The largest absolute Gasteiger partial charge is 0.495 e. The van der Waals surface area contributed by atoms with Gasteiger partial charge in [0.2, 0.25) is 5.43 Å². The fourth-order valence-electron chi connectivity index (χ4n) is 3.73. The van der Waals surface area contributed by atoms with Crippen LogP contribution in [0.3, 0.4) is 0 Å². The summed E-state index contributed by atoms with van der Waals surface area (Å²) >= 11 is 3.48. The molecule has 0 aliphatic carbocycles. The minimum Gasteiger partial charge on any atom is -0.495 e. The molecule has 0 radical (unpaired) electrons. The van der Waals surface area contributed by atoms with Gasteiger partial charge in [0, 0.05) is 22.1 Å². The number of carbonyl (C=O) groups excluding carboxylic acids is 1. The predicted molar refractivity (Wildman–Crippen MR) is 110 cm³/mol. The number of aromatic nitrogens is 1. The minimum absolute atomic E-state index is 0.129. The predicted octanol–water partition coefficient (Wildman–Crippen LogP) is 4.45. The molecule has 27 heavy (non-hydrogen) atoms. The van der Waals surface area contributed by atoms with E-state index in [2.05, 4.69) is 28.2 Å². The molecule has 4 rings (SSSR count). The van der Waals surface area contributed by atoms with E-state index in [9.17, 15) is 9.59 Å². The average Bonchev–Trinajstić information content (AvgIpc) is 2.93. The first-order chi connectivity index (χ1) is 12.9. The number of hydrogen-bond acceptors (Lipinski definition) is 3. The zero-order valence-electron chi connectivity index (χ0n) is 15.3. The van der Waals surface area contributed by atoms with E-state index in [1.54, 1.807) is 25.4 Å². The summed E-state index contributed by atoms with van der Waals surface area (Å²) in [5.74, 6) is 0.118. The molecule has 1 amide bonds. The number of ether oxygens (including phenoxy) is 1. The third-order valence-corrected chi connectivity index (χ3v) is 5.47. The number of anilines is 1. The number of methoxy groups -OCH3 is 1. The Bertz CT molecular complexity index is 1150. The Morgan fingerprint density at radius 3 is 2.81 bits per heavy atom. The molecule has 5 nitrogen and oxygen atoms in total. The number of aryl methyl sites for hydroxylation is 1. The summed E-state index contributed by atoms with van der Waals surface area (Å²) in [6.07, 6.45) is 2.52. The van der Waals surface area contributed by atoms with Gasteiger partial charge in [-0.1, -0.05) is 22.0 Å². The molecular weight excluding hydrogens is 408 g/mol. The van der Waals surface area contributed by atoms with Crippen LogP contribution in [0, 0.1) is 6.92 Å². The smallest absolute Gasteiger partial charge is 0.261 e. The molecule has 2 aromatic carbocycles. The van der Waals surface area contributed by atoms with Gasteiger partial charge in [0.15, 0.2) is 0 Å². The molecule has 1 N–H and O–H groups in total. The van der Waals surface area contributed by atoms with Crippen LogP contribution in [-0.4, -0.2) is 17.6 Å². The number of amides is 1. The Hall–Kier alpha value is -2.60. The van der Waals surface area contributed by atoms with Gasteiger partial charge in [-0.05, 0) is 55.7 Å². The maximum Gasteiger partial charge on any atom is 0.261 e. The van der Waals surface area contributed by atoms with Crippen molar-refractivity contribution >= 4 is 38.4 Å². The number of nitrogens with zero attached hydrogens (tertiary/aromatic N) is 1. The van der Waals surface area contributed by atoms with Gasteiger partial charge in [-0.3, -0.25) is 9.59 Å². The molecule has 6 heteroatoms. The number of nitrogens with one attached hydrogen (secondary N) is 1. The van der Waals surface area contributed by atoms with Crippen molar-refractivity contribution in [3.63, 3.8) is 0 Å². The second-order valence-corrected chi connectivity index (χ2v) is 7.87. The molecule has 1 aliphatic heterocycles. The first kappa shape index (κ1) is 17.8. The van der Waals surface area contributed by atoms with Crippen molar-refractivity contribution in [1.82, 2.24) is 4.57 Å². The van der Waals surface area contributed by atoms with Gasteiger partial charge in [-0.15, -0.1) is 0 Å². The van der Waals surface area contributed by atoms with Crippen molar-refractivity contribution in [2.24, 2.45) is 0 Å². The van der Waals surface area contributed by atoms with E-state index in [4.69, 9.17) is 4.74 Å². The third-order valence-electron chi connectivity index (χ3n) is 5.01. The highest BCUT2D eigenvalue weighted by Crippen LogP contribution is 2.34. The lowest BCUT2D eigenvalue weighted by Crippen LogP contribution is -2.24. The summed E-state index contributed by atoms with van der Waals surface area (Å²) in [4.78, 5) is 26.0.